The molecular weight excluding hydrogens is 367 g/mol. The van der Waals surface area contributed by atoms with Crippen molar-refractivity contribution in [1.82, 2.24) is 15.2 Å². The molecule has 1 aliphatic heterocycles. The predicted molar refractivity (Wildman–Crippen MR) is 101 cm³/mol. The van der Waals surface area contributed by atoms with Crippen molar-refractivity contribution in [3.8, 4) is 0 Å². The minimum Gasteiger partial charge on any atom is -0.346 e. The van der Waals surface area contributed by atoms with Gasteiger partial charge in [0.05, 0.1) is 23.7 Å². The quantitative estimate of drug-likeness (QED) is 0.721. The number of halogens is 3. The first-order chi connectivity index (χ1) is 13.5. The Balaban J connectivity index is 1.70. The maximum atomic E-state index is 14.5. The molecular formula is C21H20F3N3O. The average molecular weight is 387 g/mol. The number of amides is 1. The van der Waals surface area contributed by atoms with Gasteiger partial charge in [-0.2, -0.15) is 0 Å². The van der Waals surface area contributed by atoms with E-state index in [1.54, 1.807) is 34.9 Å². The lowest BCUT2D eigenvalue weighted by molar-refractivity contribution is 0.0893. The number of nitrogens with one attached hydrogen (secondary N) is 2. The molecule has 1 saturated heterocycles. The largest absolute Gasteiger partial charge is 0.346 e. The zero-order valence-electron chi connectivity index (χ0n) is 15.1. The standard InChI is InChI=1S/C21H20F3N3O/c22-15-5-2-1-4-13(15)11-27-12-14(20-16(23)6-3-7-19(20)27)21(28)26-18-8-9-25-10-17(18)24/h1-7,12,17-18,25H,8-11H2,(H,26,28)/t17-,18+/m1/s1. The summed E-state index contributed by atoms with van der Waals surface area (Å²) in [7, 11) is 0. The fourth-order valence-corrected chi connectivity index (χ4v) is 3.65. The number of benzene rings is 2. The highest BCUT2D eigenvalue weighted by Gasteiger charge is 2.28. The van der Waals surface area contributed by atoms with Crippen molar-refractivity contribution >= 4 is 16.8 Å². The van der Waals surface area contributed by atoms with Crippen LogP contribution < -0.4 is 10.6 Å². The molecule has 0 bridgehead atoms. The maximum absolute atomic E-state index is 14.5. The summed E-state index contributed by atoms with van der Waals surface area (Å²) in [6.07, 6.45) is 0.766. The van der Waals surface area contributed by atoms with Gasteiger partial charge >= 0.3 is 0 Å². The van der Waals surface area contributed by atoms with Crippen molar-refractivity contribution in [1.29, 1.82) is 0 Å². The Morgan fingerprint density at radius 3 is 2.71 bits per heavy atom. The second kappa shape index (κ2) is 7.67. The molecule has 1 fully saturated rings. The molecule has 3 aromatic rings. The molecule has 0 unspecified atom stereocenters. The number of nitrogens with zero attached hydrogens (tertiary/aromatic N) is 1. The summed E-state index contributed by atoms with van der Waals surface area (Å²) >= 11 is 0. The van der Waals surface area contributed by atoms with Crippen LogP contribution in [0.15, 0.2) is 48.7 Å². The van der Waals surface area contributed by atoms with Gasteiger partial charge in [-0.3, -0.25) is 4.79 Å². The third kappa shape index (κ3) is 3.49. The predicted octanol–water partition coefficient (Wildman–Crippen LogP) is 3.40. The number of hydrogen-bond acceptors (Lipinski definition) is 2. The number of hydrogen-bond donors (Lipinski definition) is 2. The van der Waals surface area contributed by atoms with Crippen LogP contribution in [0.2, 0.25) is 0 Å². The van der Waals surface area contributed by atoms with E-state index in [4.69, 9.17) is 0 Å². The topological polar surface area (TPSA) is 46.1 Å². The molecule has 2 N–H and O–H groups in total. The zero-order chi connectivity index (χ0) is 19.7. The van der Waals surface area contributed by atoms with Crippen LogP contribution in [0.25, 0.3) is 10.9 Å². The molecule has 0 aliphatic carbocycles. The Kier molecular flexibility index (Phi) is 5.09. The second-order valence-corrected chi connectivity index (χ2v) is 6.98. The molecule has 1 amide bonds. The minimum atomic E-state index is -1.20. The number of rotatable bonds is 4. The van der Waals surface area contributed by atoms with E-state index in [2.05, 4.69) is 10.6 Å². The van der Waals surface area contributed by atoms with Gasteiger partial charge < -0.3 is 15.2 Å². The normalized spacial score (nSPS) is 19.7. The molecule has 146 valence electrons. The van der Waals surface area contributed by atoms with Crippen LogP contribution in [0.4, 0.5) is 13.2 Å². The average Bonchev–Trinajstić information content (AvgIpc) is 3.05. The van der Waals surface area contributed by atoms with Crippen LogP contribution in [0.5, 0.6) is 0 Å². The van der Waals surface area contributed by atoms with Crippen LogP contribution in [0.3, 0.4) is 0 Å². The van der Waals surface area contributed by atoms with Gasteiger partial charge in [0.1, 0.15) is 17.8 Å². The monoisotopic (exact) mass is 387 g/mol. The summed E-state index contributed by atoms with van der Waals surface area (Å²) in [6, 6.07) is 10.2. The van der Waals surface area contributed by atoms with E-state index >= 15 is 0 Å². The van der Waals surface area contributed by atoms with Gasteiger partial charge in [-0.05, 0) is 31.2 Å². The van der Waals surface area contributed by atoms with E-state index in [0.717, 1.165) is 0 Å². The summed E-state index contributed by atoms with van der Waals surface area (Å²) in [6.45, 7) is 0.933. The molecule has 0 saturated carbocycles. The van der Waals surface area contributed by atoms with Crippen molar-refractivity contribution in [3.63, 3.8) is 0 Å². The maximum Gasteiger partial charge on any atom is 0.253 e. The van der Waals surface area contributed by atoms with Crippen LogP contribution in [0, 0.1) is 11.6 Å². The number of piperidine rings is 1. The third-order valence-corrected chi connectivity index (χ3v) is 5.12. The molecule has 28 heavy (non-hydrogen) atoms. The van der Waals surface area contributed by atoms with Gasteiger partial charge in [-0.1, -0.05) is 24.3 Å². The van der Waals surface area contributed by atoms with E-state index in [1.807, 2.05) is 0 Å². The lowest BCUT2D eigenvalue weighted by atomic mass is 10.0. The van der Waals surface area contributed by atoms with Crippen LogP contribution >= 0.6 is 0 Å². The van der Waals surface area contributed by atoms with Gasteiger partial charge in [0.15, 0.2) is 0 Å². The van der Waals surface area contributed by atoms with E-state index in [9.17, 15) is 18.0 Å². The Labute approximate surface area is 160 Å². The van der Waals surface area contributed by atoms with Crippen molar-refractivity contribution < 1.29 is 18.0 Å². The van der Waals surface area contributed by atoms with E-state index in [1.165, 1.54) is 18.3 Å². The Morgan fingerprint density at radius 2 is 1.93 bits per heavy atom. The molecule has 4 nitrogen and oxygen atoms in total. The van der Waals surface area contributed by atoms with Crippen LogP contribution in [-0.4, -0.2) is 35.8 Å². The lowest BCUT2D eigenvalue weighted by Gasteiger charge is -2.27. The van der Waals surface area contributed by atoms with Crippen molar-refractivity contribution in [3.05, 3.63) is 71.4 Å². The summed E-state index contributed by atoms with van der Waals surface area (Å²) < 4.78 is 44.3. The van der Waals surface area contributed by atoms with Crippen molar-refractivity contribution in [2.75, 3.05) is 13.1 Å². The van der Waals surface area contributed by atoms with Gasteiger partial charge in [-0.25, -0.2) is 13.2 Å². The van der Waals surface area contributed by atoms with Crippen molar-refractivity contribution in [2.24, 2.45) is 0 Å². The highest BCUT2D eigenvalue weighted by atomic mass is 19.1. The van der Waals surface area contributed by atoms with E-state index in [0.29, 0.717) is 24.0 Å². The fraction of sp³-hybridized carbons (Fsp3) is 0.286. The van der Waals surface area contributed by atoms with E-state index < -0.39 is 23.9 Å². The lowest BCUT2D eigenvalue weighted by Crippen LogP contribution is -2.50. The van der Waals surface area contributed by atoms with Crippen molar-refractivity contribution in [2.45, 2.75) is 25.2 Å². The molecule has 2 aromatic carbocycles. The molecule has 7 heteroatoms. The summed E-state index contributed by atoms with van der Waals surface area (Å²) in [4.78, 5) is 12.8. The second-order valence-electron chi connectivity index (χ2n) is 6.98. The summed E-state index contributed by atoms with van der Waals surface area (Å²) in [5, 5.41) is 5.77. The molecule has 1 aromatic heterocycles. The SMILES string of the molecule is O=C(N[C@H]1CCNC[C@H]1F)c1cn(Cc2ccccc2F)c2cccc(F)c12. The molecule has 1 aliphatic rings. The molecule has 0 radical (unpaired) electrons. The number of fused-ring (bicyclic) bond motifs is 1. The number of carbonyl (C=O) groups excluding carboxylic acids is 1. The van der Waals surface area contributed by atoms with Gasteiger partial charge in [0.2, 0.25) is 0 Å². The summed E-state index contributed by atoms with van der Waals surface area (Å²) in [5.41, 5.74) is 1.03. The van der Waals surface area contributed by atoms with Crippen LogP contribution in [-0.2, 0) is 6.54 Å². The Hall–Kier alpha value is -2.80. The smallest absolute Gasteiger partial charge is 0.253 e. The first-order valence-corrected chi connectivity index (χ1v) is 9.21. The van der Waals surface area contributed by atoms with E-state index in [-0.39, 0.29) is 29.9 Å². The Bertz CT molecular complexity index is 1020. The fourth-order valence-electron chi connectivity index (χ4n) is 3.65. The third-order valence-electron chi connectivity index (χ3n) is 5.12. The molecule has 0 spiro atoms. The van der Waals surface area contributed by atoms with Gasteiger partial charge in [0.25, 0.3) is 5.91 Å². The first-order valence-electron chi connectivity index (χ1n) is 9.21. The number of alkyl halides is 1. The number of carbonyl (C=O) groups is 1. The summed E-state index contributed by atoms with van der Waals surface area (Å²) in [5.74, 6) is -1.45. The molecule has 2 heterocycles. The minimum absolute atomic E-state index is 0.121. The van der Waals surface area contributed by atoms with Crippen LogP contribution in [0.1, 0.15) is 22.3 Å². The number of aromatic nitrogens is 1. The highest BCUT2D eigenvalue weighted by Crippen LogP contribution is 2.26. The van der Waals surface area contributed by atoms with Gasteiger partial charge in [-0.15, -0.1) is 0 Å². The molecule has 4 rings (SSSR count). The zero-order valence-corrected chi connectivity index (χ0v) is 15.1. The highest BCUT2D eigenvalue weighted by molar-refractivity contribution is 6.07. The molecule has 2 atom stereocenters. The van der Waals surface area contributed by atoms with Gasteiger partial charge in [0, 0.05) is 23.7 Å². The first kappa shape index (κ1) is 18.6. The Morgan fingerprint density at radius 1 is 1.14 bits per heavy atom.